The first kappa shape index (κ1) is 25.0. The van der Waals surface area contributed by atoms with E-state index in [-0.39, 0.29) is 29.9 Å². The Morgan fingerprint density at radius 1 is 1.00 bits per heavy atom. The van der Waals surface area contributed by atoms with Crippen LogP contribution in [0.25, 0.3) is 0 Å². The molecular weight excluding hydrogens is 456 g/mol. The summed E-state index contributed by atoms with van der Waals surface area (Å²) in [5, 5.41) is 3.52. The lowest BCUT2D eigenvalue weighted by Gasteiger charge is -2.24. The molecule has 33 heavy (non-hydrogen) atoms. The number of carbonyl (C=O) groups is 1. The van der Waals surface area contributed by atoms with Gasteiger partial charge in [0.05, 0.1) is 17.5 Å². The van der Waals surface area contributed by atoms with Crippen LogP contribution in [-0.2, 0) is 21.2 Å². The monoisotopic (exact) mass is 484 g/mol. The van der Waals surface area contributed by atoms with Crippen molar-refractivity contribution in [3.63, 3.8) is 0 Å². The molecule has 0 bridgehead atoms. The molecule has 3 aromatic rings. The van der Waals surface area contributed by atoms with Gasteiger partial charge in [-0.3, -0.25) is 4.79 Å². The van der Waals surface area contributed by atoms with Gasteiger partial charge >= 0.3 is 0 Å². The molecule has 174 valence electrons. The fourth-order valence-corrected chi connectivity index (χ4v) is 5.42. The van der Waals surface area contributed by atoms with Crippen molar-refractivity contribution >= 4 is 27.5 Å². The Hall–Kier alpha value is -2.67. The van der Waals surface area contributed by atoms with Crippen LogP contribution in [0, 0.1) is 13.8 Å². The largest absolute Gasteiger partial charge is 0.348 e. The molecule has 0 aliphatic heterocycles. The second kappa shape index (κ2) is 11.0. The number of halogens is 1. The van der Waals surface area contributed by atoms with Gasteiger partial charge in [0, 0.05) is 11.6 Å². The Bertz CT molecular complexity index is 1200. The Morgan fingerprint density at radius 2 is 1.67 bits per heavy atom. The summed E-state index contributed by atoms with van der Waals surface area (Å²) in [5.41, 5.74) is 3.40. The molecule has 1 atom stereocenters. The quantitative estimate of drug-likeness (QED) is 0.461. The first-order chi connectivity index (χ1) is 15.7. The molecule has 5 nitrogen and oxygen atoms in total. The van der Waals surface area contributed by atoms with Crippen molar-refractivity contribution < 1.29 is 13.2 Å². The van der Waals surface area contributed by atoms with E-state index in [9.17, 15) is 13.2 Å². The van der Waals surface area contributed by atoms with Crippen LogP contribution < -0.4 is 5.32 Å². The molecule has 0 saturated carbocycles. The van der Waals surface area contributed by atoms with Gasteiger partial charge in [-0.25, -0.2) is 8.42 Å². The predicted octanol–water partition coefficient (Wildman–Crippen LogP) is 5.07. The highest BCUT2D eigenvalue weighted by Crippen LogP contribution is 2.22. The highest BCUT2D eigenvalue weighted by atomic mass is 35.5. The molecule has 7 heteroatoms. The molecule has 1 amide bonds. The number of benzene rings is 3. The third-order valence-corrected chi connectivity index (χ3v) is 7.76. The van der Waals surface area contributed by atoms with Gasteiger partial charge in [0.1, 0.15) is 0 Å². The fraction of sp³-hybridized carbons (Fsp3) is 0.269. The van der Waals surface area contributed by atoms with E-state index in [0.29, 0.717) is 17.0 Å². The number of carbonyl (C=O) groups excluding carboxylic acids is 1. The van der Waals surface area contributed by atoms with E-state index in [1.165, 1.54) is 4.31 Å². The normalized spacial score (nSPS) is 12.5. The van der Waals surface area contributed by atoms with E-state index in [1.54, 1.807) is 31.2 Å². The third-order valence-electron chi connectivity index (χ3n) is 5.52. The molecule has 0 aromatic heterocycles. The van der Waals surface area contributed by atoms with Crippen molar-refractivity contribution in [2.24, 2.45) is 0 Å². The van der Waals surface area contributed by atoms with Crippen LogP contribution >= 0.6 is 11.6 Å². The van der Waals surface area contributed by atoms with Gasteiger partial charge in [0.2, 0.25) is 15.9 Å². The maximum absolute atomic E-state index is 13.6. The number of amides is 1. The van der Waals surface area contributed by atoms with E-state index in [1.807, 2.05) is 62.4 Å². The lowest BCUT2D eigenvalue weighted by atomic mass is 10.1. The van der Waals surface area contributed by atoms with E-state index in [2.05, 4.69) is 5.32 Å². The summed E-state index contributed by atoms with van der Waals surface area (Å²) in [7, 11) is -3.87. The number of rotatable bonds is 9. The predicted molar refractivity (Wildman–Crippen MR) is 133 cm³/mol. The average Bonchev–Trinajstić information content (AvgIpc) is 2.79. The van der Waals surface area contributed by atoms with E-state index >= 15 is 0 Å². The Balaban J connectivity index is 1.82. The number of nitrogens with one attached hydrogen (secondary N) is 1. The molecule has 3 aromatic carbocycles. The molecule has 0 radical (unpaired) electrons. The minimum absolute atomic E-state index is 0.197. The van der Waals surface area contributed by atoms with Crippen LogP contribution in [-0.4, -0.2) is 31.7 Å². The van der Waals surface area contributed by atoms with Crippen molar-refractivity contribution in [2.75, 3.05) is 13.1 Å². The summed E-state index contributed by atoms with van der Waals surface area (Å²) in [6.45, 7) is 5.41. The molecule has 0 fully saturated rings. The Kier molecular flexibility index (Phi) is 8.30. The SMILES string of the molecule is Cc1ccc(C)c(S(=O)(=O)N(CCc2ccccc2)CC(=O)N[C@@H](C)c2ccc(Cl)cc2)c1. The molecule has 0 unspecified atom stereocenters. The average molecular weight is 485 g/mol. The third kappa shape index (κ3) is 6.67. The van der Waals surface area contributed by atoms with Crippen molar-refractivity contribution in [3.8, 4) is 0 Å². The summed E-state index contributed by atoms with van der Waals surface area (Å²) in [5.74, 6) is -0.362. The van der Waals surface area contributed by atoms with E-state index < -0.39 is 10.0 Å². The topological polar surface area (TPSA) is 66.5 Å². The van der Waals surface area contributed by atoms with Gasteiger partial charge in [0.15, 0.2) is 0 Å². The summed E-state index contributed by atoms with van der Waals surface area (Å²) < 4.78 is 28.4. The van der Waals surface area contributed by atoms with Crippen LogP contribution in [0.4, 0.5) is 0 Å². The molecule has 0 aliphatic carbocycles. The van der Waals surface area contributed by atoms with Gasteiger partial charge in [-0.1, -0.05) is 66.2 Å². The van der Waals surface area contributed by atoms with Crippen molar-refractivity contribution in [3.05, 3.63) is 100 Å². The van der Waals surface area contributed by atoms with Crippen molar-refractivity contribution in [1.82, 2.24) is 9.62 Å². The summed E-state index contributed by atoms with van der Waals surface area (Å²) >= 11 is 5.95. The molecule has 0 heterocycles. The second-order valence-electron chi connectivity index (χ2n) is 8.18. The zero-order valence-corrected chi connectivity index (χ0v) is 20.7. The number of nitrogens with zero attached hydrogens (tertiary/aromatic N) is 1. The fourth-order valence-electron chi connectivity index (χ4n) is 3.59. The molecule has 0 saturated heterocycles. The molecule has 1 N–H and O–H groups in total. The number of hydrogen-bond acceptors (Lipinski definition) is 3. The minimum Gasteiger partial charge on any atom is -0.348 e. The number of aryl methyl sites for hydroxylation is 2. The minimum atomic E-state index is -3.87. The standard InChI is InChI=1S/C26H29ClN2O3S/c1-19-9-10-20(2)25(17-19)33(31,32)29(16-15-22-7-5-4-6-8-22)18-26(30)28-21(3)23-11-13-24(27)14-12-23/h4-14,17,21H,15-16,18H2,1-3H3,(H,28,30)/t21-/m0/s1. The zero-order chi connectivity index (χ0) is 24.0. The van der Waals surface area contributed by atoms with Crippen molar-refractivity contribution in [1.29, 1.82) is 0 Å². The van der Waals surface area contributed by atoms with Crippen LogP contribution in [0.5, 0.6) is 0 Å². The van der Waals surface area contributed by atoms with Gasteiger partial charge in [-0.05, 0) is 67.6 Å². The van der Waals surface area contributed by atoms with Crippen LogP contribution in [0.3, 0.4) is 0 Å². The molecule has 3 rings (SSSR count). The molecule has 0 aliphatic rings. The summed E-state index contributed by atoms with van der Waals surface area (Å²) in [6.07, 6.45) is 0.505. The van der Waals surface area contributed by atoms with Crippen molar-refractivity contribution in [2.45, 2.75) is 38.1 Å². The maximum Gasteiger partial charge on any atom is 0.243 e. The molecule has 0 spiro atoms. The lowest BCUT2D eigenvalue weighted by molar-refractivity contribution is -0.121. The highest BCUT2D eigenvalue weighted by Gasteiger charge is 2.28. The summed E-state index contributed by atoms with van der Waals surface area (Å²) in [6, 6.07) is 21.9. The van der Waals surface area contributed by atoms with Gasteiger partial charge in [0.25, 0.3) is 0 Å². The van der Waals surface area contributed by atoms with Gasteiger partial charge < -0.3 is 5.32 Å². The second-order valence-corrected chi connectivity index (χ2v) is 10.5. The Labute approximate surface area is 201 Å². The molecular formula is C26H29ClN2O3S. The van der Waals surface area contributed by atoms with E-state index in [0.717, 1.165) is 16.7 Å². The first-order valence-electron chi connectivity index (χ1n) is 10.8. The van der Waals surface area contributed by atoms with Crippen LogP contribution in [0.15, 0.2) is 77.7 Å². The Morgan fingerprint density at radius 3 is 2.33 bits per heavy atom. The zero-order valence-electron chi connectivity index (χ0n) is 19.1. The smallest absolute Gasteiger partial charge is 0.243 e. The van der Waals surface area contributed by atoms with Gasteiger partial charge in [-0.15, -0.1) is 0 Å². The van der Waals surface area contributed by atoms with Crippen LogP contribution in [0.1, 0.15) is 35.2 Å². The van der Waals surface area contributed by atoms with Crippen LogP contribution in [0.2, 0.25) is 5.02 Å². The number of sulfonamides is 1. The maximum atomic E-state index is 13.6. The lowest BCUT2D eigenvalue weighted by Crippen LogP contribution is -2.42. The highest BCUT2D eigenvalue weighted by molar-refractivity contribution is 7.89. The summed E-state index contributed by atoms with van der Waals surface area (Å²) in [4.78, 5) is 13.1. The van der Waals surface area contributed by atoms with E-state index in [4.69, 9.17) is 11.6 Å². The first-order valence-corrected chi connectivity index (χ1v) is 12.6. The van der Waals surface area contributed by atoms with Gasteiger partial charge in [-0.2, -0.15) is 4.31 Å². The number of hydrogen-bond donors (Lipinski definition) is 1.